The number of aromatic amines is 1. The van der Waals surface area contributed by atoms with Gasteiger partial charge in [-0.1, -0.05) is 69.3 Å². The van der Waals surface area contributed by atoms with Gasteiger partial charge in [0, 0.05) is 47.0 Å². The molecule has 1 aromatic heterocycles. The van der Waals surface area contributed by atoms with Crippen LogP contribution >= 0.6 is 0 Å². The number of H-pyrrole nitrogens is 1. The van der Waals surface area contributed by atoms with Crippen LogP contribution in [0.2, 0.25) is 0 Å². The minimum atomic E-state index is 0.0967. The number of rotatable bonds is 3. The predicted octanol–water partition coefficient (Wildman–Crippen LogP) is 7.57. The second-order valence-electron chi connectivity index (χ2n) is 7.84. The van der Waals surface area contributed by atoms with E-state index in [4.69, 9.17) is 4.99 Å². The lowest BCUT2D eigenvalue weighted by Crippen LogP contribution is -2.16. The van der Waals surface area contributed by atoms with Gasteiger partial charge in [-0.05, 0) is 47.4 Å². The molecule has 2 unspecified atom stereocenters. The second-order valence-corrected chi connectivity index (χ2v) is 7.84. The first-order valence-corrected chi connectivity index (χ1v) is 11.2. The standard InChI is InChI=1S/C26H25N3.C2H6/c1-16-23-14-18(27-3)12-13-20(23)19-8-4-5-10-22(19)26(16)29-17(2)24-15-28-25-11-7-6-9-21(24)25;1-2/h4-16,26-28H,1-3H3;1-2H3. The van der Waals surface area contributed by atoms with Crippen LogP contribution in [0.5, 0.6) is 0 Å². The summed E-state index contributed by atoms with van der Waals surface area (Å²) in [4.78, 5) is 8.66. The molecule has 3 aromatic carbocycles. The summed E-state index contributed by atoms with van der Waals surface area (Å²) >= 11 is 0. The zero-order chi connectivity index (χ0) is 22.0. The van der Waals surface area contributed by atoms with Gasteiger partial charge < -0.3 is 10.3 Å². The lowest BCUT2D eigenvalue weighted by Gasteiger charge is -2.32. The van der Waals surface area contributed by atoms with Crippen LogP contribution in [0, 0.1) is 0 Å². The number of benzene rings is 3. The molecule has 0 radical (unpaired) electrons. The lowest BCUT2D eigenvalue weighted by molar-refractivity contribution is 0.594. The van der Waals surface area contributed by atoms with Crippen LogP contribution in [-0.4, -0.2) is 17.7 Å². The zero-order valence-corrected chi connectivity index (χ0v) is 19.0. The molecule has 0 saturated heterocycles. The van der Waals surface area contributed by atoms with Crippen molar-refractivity contribution in [3.05, 3.63) is 89.6 Å². The number of aromatic nitrogens is 1. The van der Waals surface area contributed by atoms with Crippen LogP contribution in [-0.2, 0) is 0 Å². The first-order valence-electron chi connectivity index (χ1n) is 11.2. The van der Waals surface area contributed by atoms with Gasteiger partial charge >= 0.3 is 0 Å². The maximum atomic E-state index is 5.28. The van der Waals surface area contributed by atoms with Gasteiger partial charge in [-0.3, -0.25) is 4.99 Å². The van der Waals surface area contributed by atoms with Gasteiger partial charge in [0.05, 0.1) is 6.04 Å². The first-order chi connectivity index (χ1) is 15.2. The number of hydrogen-bond donors (Lipinski definition) is 2. The van der Waals surface area contributed by atoms with Gasteiger partial charge in [0.25, 0.3) is 0 Å². The molecular formula is C28H31N3. The number of anilines is 1. The number of fused-ring (bicyclic) bond motifs is 4. The molecular weight excluding hydrogens is 378 g/mol. The summed E-state index contributed by atoms with van der Waals surface area (Å²) in [5, 5.41) is 4.51. The molecule has 2 N–H and O–H groups in total. The quantitative estimate of drug-likeness (QED) is 0.337. The predicted molar refractivity (Wildman–Crippen MR) is 134 cm³/mol. The Kier molecular flexibility index (Phi) is 5.94. The molecule has 0 bridgehead atoms. The molecule has 2 atom stereocenters. The topological polar surface area (TPSA) is 40.2 Å². The summed E-state index contributed by atoms with van der Waals surface area (Å²) in [6.45, 7) is 8.43. The number of nitrogens with zero attached hydrogens (tertiary/aromatic N) is 1. The van der Waals surface area contributed by atoms with Crippen LogP contribution in [0.3, 0.4) is 0 Å². The third kappa shape index (κ3) is 3.65. The van der Waals surface area contributed by atoms with E-state index >= 15 is 0 Å². The zero-order valence-electron chi connectivity index (χ0n) is 19.0. The Bertz CT molecular complexity index is 1230. The number of para-hydroxylation sites is 1. The van der Waals surface area contributed by atoms with Gasteiger partial charge in [-0.2, -0.15) is 0 Å². The Morgan fingerprint density at radius 3 is 2.42 bits per heavy atom. The van der Waals surface area contributed by atoms with Crippen molar-refractivity contribution >= 4 is 22.3 Å². The van der Waals surface area contributed by atoms with Gasteiger partial charge in [0.1, 0.15) is 0 Å². The molecule has 1 aliphatic carbocycles. The monoisotopic (exact) mass is 409 g/mol. The summed E-state index contributed by atoms with van der Waals surface area (Å²) in [5.74, 6) is 0.299. The molecule has 0 aliphatic heterocycles. The summed E-state index contributed by atoms with van der Waals surface area (Å²) < 4.78 is 0. The van der Waals surface area contributed by atoms with E-state index in [1.165, 1.54) is 33.2 Å². The minimum Gasteiger partial charge on any atom is -0.388 e. The number of aliphatic imine (C=N–C) groups is 1. The lowest BCUT2D eigenvalue weighted by atomic mass is 9.76. The van der Waals surface area contributed by atoms with Crippen molar-refractivity contribution < 1.29 is 0 Å². The molecule has 31 heavy (non-hydrogen) atoms. The number of nitrogens with one attached hydrogen (secondary N) is 2. The van der Waals surface area contributed by atoms with Crippen LogP contribution in [0.4, 0.5) is 5.69 Å². The molecule has 1 aliphatic rings. The normalized spacial score (nSPS) is 17.4. The molecule has 0 amide bonds. The minimum absolute atomic E-state index is 0.0967. The fraction of sp³-hybridized carbons (Fsp3) is 0.250. The van der Waals surface area contributed by atoms with E-state index in [0.29, 0.717) is 5.92 Å². The maximum Gasteiger partial charge on any atom is 0.0824 e. The van der Waals surface area contributed by atoms with E-state index in [2.05, 4.69) is 97.1 Å². The molecule has 5 rings (SSSR count). The Morgan fingerprint density at radius 2 is 1.61 bits per heavy atom. The van der Waals surface area contributed by atoms with E-state index in [1.807, 2.05) is 20.9 Å². The SMILES string of the molecule is CC.CNc1ccc2c(c1)C(C)C(N=C(C)c1c[nH]c3ccccc13)c1ccccc1-2. The van der Waals surface area contributed by atoms with Crippen LogP contribution in [0.1, 0.15) is 56.3 Å². The molecule has 158 valence electrons. The van der Waals surface area contributed by atoms with Crippen molar-refractivity contribution in [2.45, 2.75) is 39.7 Å². The highest BCUT2D eigenvalue weighted by Crippen LogP contribution is 2.48. The van der Waals surface area contributed by atoms with Crippen molar-refractivity contribution in [3.8, 4) is 11.1 Å². The molecule has 1 heterocycles. The molecule has 0 fully saturated rings. The van der Waals surface area contributed by atoms with E-state index < -0.39 is 0 Å². The van der Waals surface area contributed by atoms with Gasteiger partial charge in [0.15, 0.2) is 0 Å². The fourth-order valence-electron chi connectivity index (χ4n) is 4.61. The molecule has 3 nitrogen and oxygen atoms in total. The van der Waals surface area contributed by atoms with Gasteiger partial charge in [-0.15, -0.1) is 0 Å². The van der Waals surface area contributed by atoms with Crippen molar-refractivity contribution in [2.24, 2.45) is 4.99 Å². The highest BCUT2D eigenvalue weighted by Gasteiger charge is 2.31. The Hall–Kier alpha value is -3.33. The summed E-state index contributed by atoms with van der Waals surface area (Å²) in [7, 11) is 1.97. The van der Waals surface area contributed by atoms with E-state index in [0.717, 1.165) is 16.9 Å². The summed E-state index contributed by atoms with van der Waals surface area (Å²) in [6.07, 6.45) is 2.08. The maximum absolute atomic E-state index is 5.28. The van der Waals surface area contributed by atoms with Gasteiger partial charge in [0.2, 0.25) is 0 Å². The number of hydrogen-bond acceptors (Lipinski definition) is 2. The highest BCUT2D eigenvalue weighted by atomic mass is 14.8. The van der Waals surface area contributed by atoms with E-state index in [9.17, 15) is 0 Å². The molecule has 3 heteroatoms. The van der Waals surface area contributed by atoms with E-state index in [-0.39, 0.29) is 6.04 Å². The van der Waals surface area contributed by atoms with Crippen LogP contribution < -0.4 is 5.32 Å². The molecule has 4 aromatic rings. The third-order valence-electron chi connectivity index (χ3n) is 6.19. The van der Waals surface area contributed by atoms with Crippen molar-refractivity contribution in [1.29, 1.82) is 0 Å². The van der Waals surface area contributed by atoms with Gasteiger partial charge in [-0.25, -0.2) is 0 Å². The average Bonchev–Trinajstić information content (AvgIpc) is 3.27. The van der Waals surface area contributed by atoms with Crippen molar-refractivity contribution in [1.82, 2.24) is 4.98 Å². The van der Waals surface area contributed by atoms with E-state index in [1.54, 1.807) is 0 Å². The second kappa shape index (κ2) is 8.81. The van der Waals surface area contributed by atoms with Crippen LogP contribution in [0.15, 0.2) is 77.9 Å². The molecule has 0 spiro atoms. The summed E-state index contributed by atoms with van der Waals surface area (Å²) in [5.41, 5.74) is 9.83. The summed E-state index contributed by atoms with van der Waals surface area (Å²) in [6, 6.07) is 23.9. The first kappa shape index (κ1) is 20.9. The molecule has 0 saturated carbocycles. The highest BCUT2D eigenvalue weighted by molar-refractivity contribution is 6.09. The largest absolute Gasteiger partial charge is 0.388 e. The Balaban J connectivity index is 0.00000112. The smallest absolute Gasteiger partial charge is 0.0824 e. The fourth-order valence-corrected chi connectivity index (χ4v) is 4.61. The van der Waals surface area contributed by atoms with Crippen LogP contribution in [0.25, 0.3) is 22.0 Å². The van der Waals surface area contributed by atoms with Crippen molar-refractivity contribution in [3.63, 3.8) is 0 Å². The Morgan fingerprint density at radius 1 is 0.903 bits per heavy atom. The third-order valence-corrected chi connectivity index (χ3v) is 6.19. The Labute approximate surface area is 185 Å². The average molecular weight is 410 g/mol. The van der Waals surface area contributed by atoms with Crippen molar-refractivity contribution in [2.75, 3.05) is 12.4 Å².